The summed E-state index contributed by atoms with van der Waals surface area (Å²) in [5.41, 5.74) is -0.469. The minimum Gasteiger partial charge on any atom is -0.459 e. The smallest absolute Gasteiger partial charge is 0.328 e. The summed E-state index contributed by atoms with van der Waals surface area (Å²) in [6.45, 7) is 14.1. The fraction of sp³-hybridized carbons (Fsp3) is 0.889. The molecule has 1 rings (SSSR count). The number of hydrogen-bond donors (Lipinski definition) is 2. The van der Waals surface area contributed by atoms with Crippen LogP contribution in [0.3, 0.4) is 0 Å². The fourth-order valence-electron chi connectivity index (χ4n) is 2.71. The molecular formula is C18H36N4O2. The van der Waals surface area contributed by atoms with Crippen molar-refractivity contribution < 1.29 is 9.53 Å². The Bertz CT molecular complexity index is 396. The van der Waals surface area contributed by atoms with Gasteiger partial charge in [0.15, 0.2) is 5.96 Å². The van der Waals surface area contributed by atoms with Gasteiger partial charge in [0.2, 0.25) is 0 Å². The lowest BCUT2D eigenvalue weighted by Crippen LogP contribution is -2.49. The number of unbranched alkanes of at least 4 members (excludes halogenated alkanes) is 1. The highest BCUT2D eigenvalue weighted by Crippen LogP contribution is 2.11. The second-order valence-corrected chi connectivity index (χ2v) is 7.40. The second-order valence-electron chi connectivity index (χ2n) is 7.40. The van der Waals surface area contributed by atoms with Crippen LogP contribution >= 0.6 is 0 Å². The standard InChI is InChI=1S/C18H36N4O2/c1-6-8-11-22-12-9-15(10-13-22)21-17(19-7-2)20-14-16(23)24-18(3,4)5/h15H,6-14H2,1-5H3,(H2,19,20,21). The molecule has 0 saturated carbocycles. The van der Waals surface area contributed by atoms with Crippen LogP contribution in [0.2, 0.25) is 0 Å². The molecule has 0 radical (unpaired) electrons. The maximum Gasteiger partial charge on any atom is 0.328 e. The molecule has 1 heterocycles. The van der Waals surface area contributed by atoms with Gasteiger partial charge in [0.25, 0.3) is 0 Å². The van der Waals surface area contributed by atoms with Gasteiger partial charge >= 0.3 is 5.97 Å². The van der Waals surface area contributed by atoms with Crippen LogP contribution in [0.15, 0.2) is 4.99 Å². The first-order valence-electron chi connectivity index (χ1n) is 9.33. The van der Waals surface area contributed by atoms with Crippen molar-refractivity contribution in [3.63, 3.8) is 0 Å². The van der Waals surface area contributed by atoms with Gasteiger partial charge in [-0.1, -0.05) is 13.3 Å². The molecule has 1 aliphatic rings. The first-order valence-corrected chi connectivity index (χ1v) is 9.33. The van der Waals surface area contributed by atoms with E-state index in [1.165, 1.54) is 19.4 Å². The Kier molecular flexibility index (Phi) is 9.11. The van der Waals surface area contributed by atoms with Crippen molar-refractivity contribution in [1.29, 1.82) is 0 Å². The van der Waals surface area contributed by atoms with E-state index >= 15 is 0 Å². The van der Waals surface area contributed by atoms with Crippen molar-refractivity contribution in [2.75, 3.05) is 32.7 Å². The first kappa shape index (κ1) is 20.7. The van der Waals surface area contributed by atoms with Gasteiger partial charge < -0.3 is 20.3 Å². The zero-order chi connectivity index (χ0) is 18.0. The lowest BCUT2D eigenvalue weighted by molar-refractivity contribution is -0.152. The van der Waals surface area contributed by atoms with Crippen molar-refractivity contribution in [3.05, 3.63) is 0 Å². The lowest BCUT2D eigenvalue weighted by atomic mass is 10.0. The normalized spacial score (nSPS) is 17.6. The number of rotatable bonds is 7. The lowest BCUT2D eigenvalue weighted by Gasteiger charge is -2.33. The Morgan fingerprint density at radius 3 is 2.46 bits per heavy atom. The molecule has 0 amide bonds. The number of carbonyl (C=O) groups is 1. The van der Waals surface area contributed by atoms with Crippen LogP contribution in [-0.4, -0.2) is 61.2 Å². The summed E-state index contributed by atoms with van der Waals surface area (Å²) in [5, 5.41) is 6.67. The number of hydrogen-bond acceptors (Lipinski definition) is 4. The molecule has 140 valence electrons. The molecule has 0 unspecified atom stereocenters. The molecule has 1 saturated heterocycles. The van der Waals surface area contributed by atoms with E-state index in [0.717, 1.165) is 32.5 Å². The van der Waals surface area contributed by atoms with Gasteiger partial charge in [-0.25, -0.2) is 4.99 Å². The number of carbonyl (C=O) groups excluding carboxylic acids is 1. The number of guanidine groups is 1. The summed E-state index contributed by atoms with van der Waals surface area (Å²) in [6.07, 6.45) is 4.75. The van der Waals surface area contributed by atoms with Gasteiger partial charge in [0, 0.05) is 25.7 Å². The summed E-state index contributed by atoms with van der Waals surface area (Å²) in [4.78, 5) is 18.7. The molecule has 0 atom stereocenters. The quantitative estimate of drug-likeness (QED) is 0.422. The van der Waals surface area contributed by atoms with Crippen molar-refractivity contribution in [1.82, 2.24) is 15.5 Å². The number of aliphatic imine (C=N–C) groups is 1. The van der Waals surface area contributed by atoms with E-state index in [0.29, 0.717) is 12.0 Å². The molecule has 0 aliphatic carbocycles. The predicted octanol–water partition coefficient (Wildman–Crippen LogP) is 2.15. The van der Waals surface area contributed by atoms with Gasteiger partial charge in [-0.3, -0.25) is 4.79 Å². The molecule has 1 aliphatic heterocycles. The molecule has 6 heteroatoms. The van der Waals surface area contributed by atoms with E-state index in [4.69, 9.17) is 4.74 Å². The Morgan fingerprint density at radius 2 is 1.92 bits per heavy atom. The Hall–Kier alpha value is -1.30. The number of likely N-dealkylation sites (tertiary alicyclic amines) is 1. The van der Waals surface area contributed by atoms with E-state index in [-0.39, 0.29) is 12.5 Å². The van der Waals surface area contributed by atoms with Crippen LogP contribution < -0.4 is 10.6 Å². The first-order chi connectivity index (χ1) is 11.3. The molecule has 1 fully saturated rings. The molecule has 0 aromatic heterocycles. The van der Waals surface area contributed by atoms with Crippen molar-refractivity contribution in [2.24, 2.45) is 4.99 Å². The van der Waals surface area contributed by atoms with Crippen molar-refractivity contribution in [3.8, 4) is 0 Å². The van der Waals surface area contributed by atoms with E-state index in [1.807, 2.05) is 27.7 Å². The molecular weight excluding hydrogens is 304 g/mol. The number of esters is 1. The Labute approximate surface area is 147 Å². The van der Waals surface area contributed by atoms with Crippen LogP contribution in [0.5, 0.6) is 0 Å². The average molecular weight is 341 g/mol. The number of piperidine rings is 1. The Morgan fingerprint density at radius 1 is 1.25 bits per heavy atom. The largest absolute Gasteiger partial charge is 0.459 e. The van der Waals surface area contributed by atoms with E-state index in [2.05, 4.69) is 27.4 Å². The molecule has 0 spiro atoms. The molecule has 0 aromatic carbocycles. The number of ether oxygens (including phenoxy) is 1. The van der Waals surface area contributed by atoms with Crippen LogP contribution in [0.4, 0.5) is 0 Å². The van der Waals surface area contributed by atoms with Crippen LogP contribution in [0.25, 0.3) is 0 Å². The number of nitrogens with one attached hydrogen (secondary N) is 2. The molecule has 2 N–H and O–H groups in total. The number of nitrogens with zero attached hydrogens (tertiary/aromatic N) is 2. The van der Waals surface area contributed by atoms with Gasteiger partial charge in [-0.05, 0) is 53.5 Å². The molecule has 0 aromatic rings. The summed E-state index contributed by atoms with van der Waals surface area (Å²) in [5.74, 6) is 0.407. The minimum absolute atomic E-state index is 0.0436. The predicted molar refractivity (Wildman–Crippen MR) is 99.3 cm³/mol. The SMILES string of the molecule is CCCCN1CCC(NC(=NCC(=O)OC(C)(C)C)NCC)CC1. The van der Waals surface area contributed by atoms with Crippen molar-refractivity contribution in [2.45, 2.75) is 71.9 Å². The third-order valence-corrected chi connectivity index (χ3v) is 3.89. The maximum absolute atomic E-state index is 11.8. The summed E-state index contributed by atoms with van der Waals surface area (Å²) >= 11 is 0. The summed E-state index contributed by atoms with van der Waals surface area (Å²) < 4.78 is 5.30. The van der Waals surface area contributed by atoms with Gasteiger partial charge in [-0.15, -0.1) is 0 Å². The molecule has 0 bridgehead atoms. The third kappa shape index (κ3) is 9.11. The molecule has 6 nitrogen and oxygen atoms in total. The van der Waals surface area contributed by atoms with E-state index in [9.17, 15) is 4.79 Å². The average Bonchev–Trinajstić information content (AvgIpc) is 2.50. The zero-order valence-corrected chi connectivity index (χ0v) is 16.2. The highest BCUT2D eigenvalue weighted by molar-refractivity contribution is 5.83. The van der Waals surface area contributed by atoms with Crippen LogP contribution in [-0.2, 0) is 9.53 Å². The minimum atomic E-state index is -0.469. The van der Waals surface area contributed by atoms with Gasteiger partial charge in [0.05, 0.1) is 0 Å². The third-order valence-electron chi connectivity index (χ3n) is 3.89. The highest BCUT2D eigenvalue weighted by atomic mass is 16.6. The zero-order valence-electron chi connectivity index (χ0n) is 16.2. The monoisotopic (exact) mass is 340 g/mol. The van der Waals surface area contributed by atoms with Gasteiger partial charge in [-0.2, -0.15) is 0 Å². The van der Waals surface area contributed by atoms with Crippen LogP contribution in [0.1, 0.15) is 60.3 Å². The Balaban J connectivity index is 2.43. The summed E-state index contributed by atoms with van der Waals surface area (Å²) in [6, 6.07) is 0.416. The summed E-state index contributed by atoms with van der Waals surface area (Å²) in [7, 11) is 0. The fourth-order valence-corrected chi connectivity index (χ4v) is 2.71. The highest BCUT2D eigenvalue weighted by Gasteiger charge is 2.20. The maximum atomic E-state index is 11.8. The van der Waals surface area contributed by atoms with Crippen molar-refractivity contribution >= 4 is 11.9 Å². The van der Waals surface area contributed by atoms with Gasteiger partial charge in [0.1, 0.15) is 12.1 Å². The topological polar surface area (TPSA) is 66.0 Å². The second kappa shape index (κ2) is 10.5. The van der Waals surface area contributed by atoms with Crippen LogP contribution in [0, 0.1) is 0 Å². The van der Waals surface area contributed by atoms with E-state index in [1.54, 1.807) is 0 Å². The van der Waals surface area contributed by atoms with E-state index < -0.39 is 5.60 Å². The molecule has 24 heavy (non-hydrogen) atoms.